The third kappa shape index (κ3) is 10.3. The molecule has 1 aromatic heterocycles. The number of methoxy groups -OCH3 is 1. The Labute approximate surface area is 231 Å². The molecule has 2 rings (SSSR count). The molecule has 0 spiro atoms. The summed E-state index contributed by atoms with van der Waals surface area (Å²) in [4.78, 5) is 37.7. The Morgan fingerprint density at radius 3 is 2.33 bits per heavy atom. The molecule has 1 aromatic carbocycles. The van der Waals surface area contributed by atoms with Gasteiger partial charge in [0.1, 0.15) is 18.0 Å². The molecular weight excluding hydrogens is 552 g/mol. The van der Waals surface area contributed by atoms with Gasteiger partial charge in [-0.3, -0.25) is 23.7 Å². The molecule has 1 unspecified atom stereocenters. The molecule has 15 heteroatoms. The number of aromatic nitrogens is 2. The van der Waals surface area contributed by atoms with Crippen LogP contribution < -0.4 is 20.9 Å². The number of H-pyrrole nitrogens is 1. The highest BCUT2D eigenvalue weighted by atomic mass is 31.2. The fraction of sp³-hybridized carbons (Fsp3) is 0.560. The standard InChI is InChI=1S/C25H37FN3O10P/c1-6-22(30)38-20(15-29-14-19(26)23(31)27-25(29)32)21(34-5)16-37-40(33,39-18-12-10-9-11-13-18)28-17(4)24(35-7-2)36-8-3/h9-14,17,20-21,24H,6-8,15-16H2,1-5H3,(H,28,33)(H,27,31,32)/t17-,20-,21+,40?/m0/s1. The van der Waals surface area contributed by atoms with Crippen LogP contribution in [0.4, 0.5) is 4.39 Å². The molecule has 13 nitrogen and oxygen atoms in total. The van der Waals surface area contributed by atoms with E-state index in [0.29, 0.717) is 19.4 Å². The van der Waals surface area contributed by atoms with Gasteiger partial charge in [-0.1, -0.05) is 25.1 Å². The number of benzene rings is 1. The third-order valence-corrected chi connectivity index (χ3v) is 7.11. The average molecular weight is 590 g/mol. The van der Waals surface area contributed by atoms with E-state index in [1.165, 1.54) is 7.11 Å². The maximum absolute atomic E-state index is 13.9. The summed E-state index contributed by atoms with van der Waals surface area (Å²) in [6.07, 6.45) is -2.40. The van der Waals surface area contributed by atoms with Crippen molar-refractivity contribution in [2.24, 2.45) is 0 Å². The lowest BCUT2D eigenvalue weighted by atomic mass is 10.2. The monoisotopic (exact) mass is 589 g/mol. The molecule has 1 heterocycles. The number of carbonyl (C=O) groups excluding carboxylic acids is 1. The summed E-state index contributed by atoms with van der Waals surface area (Å²) in [5.74, 6) is -1.60. The summed E-state index contributed by atoms with van der Waals surface area (Å²) >= 11 is 0. The first-order valence-corrected chi connectivity index (χ1v) is 14.3. The summed E-state index contributed by atoms with van der Waals surface area (Å²) in [6, 6.07) is 7.64. The smallest absolute Gasteiger partial charge is 0.458 e. The van der Waals surface area contributed by atoms with E-state index in [0.717, 1.165) is 4.57 Å². The number of carbonyl (C=O) groups is 1. The minimum Gasteiger partial charge on any atom is -0.458 e. The van der Waals surface area contributed by atoms with Gasteiger partial charge in [-0.25, -0.2) is 14.4 Å². The van der Waals surface area contributed by atoms with Crippen molar-refractivity contribution < 1.29 is 41.7 Å². The molecule has 0 bridgehead atoms. The zero-order chi connectivity index (χ0) is 29.7. The van der Waals surface area contributed by atoms with Crippen LogP contribution in [0, 0.1) is 5.82 Å². The van der Waals surface area contributed by atoms with Crippen LogP contribution in [0.25, 0.3) is 0 Å². The summed E-state index contributed by atoms with van der Waals surface area (Å²) in [5.41, 5.74) is -2.11. The fourth-order valence-electron chi connectivity index (χ4n) is 3.48. The summed E-state index contributed by atoms with van der Waals surface area (Å²) in [7, 11) is -2.87. The molecule has 0 saturated carbocycles. The van der Waals surface area contributed by atoms with Gasteiger partial charge in [0.05, 0.1) is 25.4 Å². The minimum absolute atomic E-state index is 0.00635. The van der Waals surface area contributed by atoms with Gasteiger partial charge in [-0.05, 0) is 32.9 Å². The number of ether oxygens (including phenoxy) is 4. The lowest BCUT2D eigenvalue weighted by molar-refractivity contribution is -0.159. The summed E-state index contributed by atoms with van der Waals surface area (Å²) < 4.78 is 62.2. The van der Waals surface area contributed by atoms with Crippen molar-refractivity contribution in [3.8, 4) is 5.75 Å². The van der Waals surface area contributed by atoms with Gasteiger partial charge >= 0.3 is 19.4 Å². The van der Waals surface area contributed by atoms with Crippen molar-refractivity contribution in [3.05, 3.63) is 63.2 Å². The fourth-order valence-corrected chi connectivity index (χ4v) is 5.02. The number of aromatic amines is 1. The number of nitrogens with one attached hydrogen (secondary N) is 2. The molecule has 224 valence electrons. The second-order valence-electron chi connectivity index (χ2n) is 8.44. The molecular formula is C25H37FN3O10P. The van der Waals surface area contributed by atoms with Crippen molar-refractivity contribution in [3.63, 3.8) is 0 Å². The maximum Gasteiger partial charge on any atom is 0.459 e. The Hall–Kier alpha value is -2.87. The van der Waals surface area contributed by atoms with E-state index < -0.39 is 68.5 Å². The first kappa shape index (κ1) is 33.3. The topological polar surface area (TPSA) is 156 Å². The number of rotatable bonds is 18. The van der Waals surface area contributed by atoms with E-state index in [4.69, 9.17) is 28.0 Å². The van der Waals surface area contributed by atoms with Crippen molar-refractivity contribution in [1.82, 2.24) is 14.6 Å². The van der Waals surface area contributed by atoms with Crippen LogP contribution in [0.3, 0.4) is 0 Å². The predicted molar refractivity (Wildman–Crippen MR) is 143 cm³/mol. The van der Waals surface area contributed by atoms with Crippen LogP contribution in [-0.2, 0) is 39.4 Å². The first-order valence-electron chi connectivity index (χ1n) is 12.8. The second kappa shape index (κ2) is 16.4. The summed E-state index contributed by atoms with van der Waals surface area (Å²) in [6.45, 7) is 6.64. The number of hydrogen-bond acceptors (Lipinski definition) is 10. The van der Waals surface area contributed by atoms with Crippen LogP contribution in [0.15, 0.2) is 46.1 Å². The zero-order valence-electron chi connectivity index (χ0n) is 23.2. The van der Waals surface area contributed by atoms with Crippen molar-refractivity contribution in [1.29, 1.82) is 0 Å². The third-order valence-electron chi connectivity index (χ3n) is 5.44. The van der Waals surface area contributed by atoms with Gasteiger partial charge in [-0.15, -0.1) is 0 Å². The molecule has 0 aliphatic rings. The molecule has 0 aliphatic heterocycles. The van der Waals surface area contributed by atoms with Crippen LogP contribution in [0.1, 0.15) is 34.1 Å². The molecule has 4 atom stereocenters. The van der Waals surface area contributed by atoms with Crippen molar-refractivity contribution >= 4 is 13.7 Å². The minimum atomic E-state index is -4.16. The molecule has 0 aliphatic carbocycles. The lowest BCUT2D eigenvalue weighted by Crippen LogP contribution is -2.44. The number of nitrogens with zero attached hydrogens (tertiary/aromatic N) is 1. The first-order chi connectivity index (χ1) is 19.0. The van der Waals surface area contributed by atoms with E-state index >= 15 is 0 Å². The highest BCUT2D eigenvalue weighted by Crippen LogP contribution is 2.45. The van der Waals surface area contributed by atoms with Gasteiger partial charge in [0.25, 0.3) is 5.56 Å². The predicted octanol–water partition coefficient (Wildman–Crippen LogP) is 2.59. The molecule has 0 saturated heterocycles. The van der Waals surface area contributed by atoms with E-state index in [2.05, 4.69) is 5.09 Å². The van der Waals surface area contributed by atoms with Gasteiger partial charge in [0.2, 0.25) is 5.82 Å². The Bertz CT molecular complexity index is 1220. The molecule has 2 aromatic rings. The molecule has 0 amide bonds. The SMILES string of the molecule is CCOC(OCC)[C@H](C)NP(=O)(OC[C@@H](OC)[C@H](Cn1cc(F)c(=O)[nH]c1=O)OC(=O)CC)Oc1ccccc1. The van der Waals surface area contributed by atoms with Gasteiger partial charge < -0.3 is 23.5 Å². The highest BCUT2D eigenvalue weighted by molar-refractivity contribution is 7.52. The van der Waals surface area contributed by atoms with E-state index in [1.807, 2.05) is 4.98 Å². The quantitative estimate of drug-likeness (QED) is 0.150. The number of halogens is 1. The summed E-state index contributed by atoms with van der Waals surface area (Å²) in [5, 5.41) is 2.81. The number of para-hydroxylation sites is 1. The molecule has 0 fully saturated rings. The van der Waals surface area contributed by atoms with Gasteiger partial charge in [0, 0.05) is 26.7 Å². The molecule has 40 heavy (non-hydrogen) atoms. The van der Waals surface area contributed by atoms with Crippen LogP contribution >= 0.6 is 7.75 Å². The van der Waals surface area contributed by atoms with Crippen LogP contribution in [-0.4, -0.2) is 67.0 Å². The second-order valence-corrected chi connectivity index (χ2v) is 10.1. The Balaban J connectivity index is 2.33. The normalized spacial score (nSPS) is 15.3. The van der Waals surface area contributed by atoms with E-state index in [9.17, 15) is 23.3 Å². The maximum atomic E-state index is 13.9. The number of esters is 1. The van der Waals surface area contributed by atoms with Gasteiger partial charge in [0.15, 0.2) is 6.29 Å². The Kier molecular flexibility index (Phi) is 13.7. The number of hydrogen-bond donors (Lipinski definition) is 2. The average Bonchev–Trinajstić information content (AvgIpc) is 2.92. The van der Waals surface area contributed by atoms with Crippen LogP contribution in [0.2, 0.25) is 0 Å². The van der Waals surface area contributed by atoms with Crippen molar-refractivity contribution in [2.45, 2.75) is 65.2 Å². The van der Waals surface area contributed by atoms with E-state index in [-0.39, 0.29) is 12.2 Å². The van der Waals surface area contributed by atoms with Crippen LogP contribution in [0.5, 0.6) is 5.75 Å². The van der Waals surface area contributed by atoms with Gasteiger partial charge in [-0.2, -0.15) is 4.39 Å². The zero-order valence-corrected chi connectivity index (χ0v) is 24.1. The lowest BCUT2D eigenvalue weighted by Gasteiger charge is -2.30. The Morgan fingerprint density at radius 1 is 1.10 bits per heavy atom. The highest BCUT2D eigenvalue weighted by Gasteiger charge is 2.36. The van der Waals surface area contributed by atoms with E-state index in [1.54, 1.807) is 58.0 Å². The molecule has 2 N–H and O–H groups in total. The largest absolute Gasteiger partial charge is 0.459 e. The molecule has 0 radical (unpaired) electrons. The Morgan fingerprint density at radius 2 is 1.75 bits per heavy atom. The van der Waals surface area contributed by atoms with Crippen molar-refractivity contribution in [2.75, 3.05) is 26.9 Å².